The lowest BCUT2D eigenvalue weighted by Crippen LogP contribution is -2.47. The highest BCUT2D eigenvalue weighted by Gasteiger charge is 2.35. The van der Waals surface area contributed by atoms with Crippen LogP contribution in [0.15, 0.2) is 0 Å². The van der Waals surface area contributed by atoms with Crippen LogP contribution in [0.1, 0.15) is 19.3 Å². The van der Waals surface area contributed by atoms with E-state index in [-0.39, 0.29) is 6.42 Å². The summed E-state index contributed by atoms with van der Waals surface area (Å²) in [5.74, 6) is -0.808. The summed E-state index contributed by atoms with van der Waals surface area (Å²) in [6, 6.07) is 0. The van der Waals surface area contributed by atoms with Gasteiger partial charge in [0.1, 0.15) is 5.60 Å². The lowest BCUT2D eigenvalue weighted by atomic mass is 9.89. The Balaban J connectivity index is 2.55. The van der Waals surface area contributed by atoms with Crippen molar-refractivity contribution < 1.29 is 14.7 Å². The minimum atomic E-state index is -0.808. The van der Waals surface area contributed by atoms with E-state index in [0.29, 0.717) is 0 Å². The highest BCUT2D eigenvalue weighted by molar-refractivity contribution is 5.68. The molecule has 0 atom stereocenters. The van der Waals surface area contributed by atoms with E-state index < -0.39 is 11.6 Å². The fraction of sp³-hybridized carbons (Fsp3) is 0.875. The van der Waals surface area contributed by atoms with Gasteiger partial charge in [-0.25, -0.2) is 5.48 Å². The van der Waals surface area contributed by atoms with Gasteiger partial charge in [0, 0.05) is 7.05 Å². The molecule has 0 aromatic heterocycles. The lowest BCUT2D eigenvalue weighted by molar-refractivity contribution is -0.156. The quantitative estimate of drug-likeness (QED) is 0.530. The molecule has 1 fully saturated rings. The van der Waals surface area contributed by atoms with E-state index >= 15 is 0 Å². The second-order valence-electron chi connectivity index (χ2n) is 3.31. The first kappa shape index (κ1) is 10.4. The highest BCUT2D eigenvalue weighted by Crippen LogP contribution is 2.25. The topological polar surface area (TPSA) is 70.6 Å². The molecule has 5 heteroatoms. The van der Waals surface area contributed by atoms with Gasteiger partial charge in [0.15, 0.2) is 0 Å². The number of hydrogen-bond donors (Lipinski definition) is 3. The molecule has 0 unspecified atom stereocenters. The van der Waals surface area contributed by atoms with Crippen molar-refractivity contribution >= 4 is 5.97 Å². The van der Waals surface area contributed by atoms with E-state index in [4.69, 9.17) is 9.94 Å². The molecule has 76 valence electrons. The Morgan fingerprint density at radius 1 is 1.62 bits per heavy atom. The molecule has 0 bridgehead atoms. The minimum Gasteiger partial charge on any atom is -0.481 e. The SMILES string of the molecule is CNOC1(CC(=O)O)CCNCC1. The Hall–Kier alpha value is -0.650. The zero-order valence-corrected chi connectivity index (χ0v) is 7.80. The van der Waals surface area contributed by atoms with Crippen LogP contribution in [-0.4, -0.2) is 36.8 Å². The zero-order chi connectivity index (χ0) is 9.73. The number of nitrogens with one attached hydrogen (secondary N) is 2. The summed E-state index contributed by atoms with van der Waals surface area (Å²) in [6.45, 7) is 1.63. The zero-order valence-electron chi connectivity index (χ0n) is 7.80. The molecular formula is C8H16N2O3. The summed E-state index contributed by atoms with van der Waals surface area (Å²) in [6.07, 6.45) is 1.54. The largest absolute Gasteiger partial charge is 0.481 e. The number of carbonyl (C=O) groups is 1. The van der Waals surface area contributed by atoms with Crippen LogP contribution in [0.2, 0.25) is 0 Å². The van der Waals surface area contributed by atoms with E-state index in [2.05, 4.69) is 10.8 Å². The van der Waals surface area contributed by atoms with Crippen LogP contribution in [0, 0.1) is 0 Å². The molecule has 1 saturated heterocycles. The number of carboxylic acid groups (broad SMARTS) is 1. The van der Waals surface area contributed by atoms with Gasteiger partial charge in [-0.05, 0) is 25.9 Å². The van der Waals surface area contributed by atoms with Crippen LogP contribution in [0.4, 0.5) is 0 Å². The standard InChI is InChI=1S/C8H16N2O3/c1-9-13-8(6-7(11)12)2-4-10-5-3-8/h9-10H,2-6H2,1H3,(H,11,12). The van der Waals surface area contributed by atoms with Gasteiger partial charge >= 0.3 is 5.97 Å². The summed E-state index contributed by atoms with van der Waals surface area (Å²) in [5, 5.41) is 11.9. The number of hydroxylamine groups is 1. The predicted molar refractivity (Wildman–Crippen MR) is 47.2 cm³/mol. The Labute approximate surface area is 77.4 Å². The minimum absolute atomic E-state index is 0.0650. The summed E-state index contributed by atoms with van der Waals surface area (Å²) >= 11 is 0. The fourth-order valence-electron chi connectivity index (χ4n) is 1.69. The molecule has 0 aliphatic carbocycles. The van der Waals surface area contributed by atoms with Gasteiger partial charge in [0.05, 0.1) is 6.42 Å². The van der Waals surface area contributed by atoms with Gasteiger partial charge in [-0.15, -0.1) is 0 Å². The van der Waals surface area contributed by atoms with Gasteiger partial charge in [-0.3, -0.25) is 9.63 Å². The molecule has 13 heavy (non-hydrogen) atoms. The highest BCUT2D eigenvalue weighted by atomic mass is 16.7. The van der Waals surface area contributed by atoms with E-state index in [1.165, 1.54) is 0 Å². The molecule has 0 aromatic rings. The van der Waals surface area contributed by atoms with Gasteiger partial charge in [0.2, 0.25) is 0 Å². The first-order valence-electron chi connectivity index (χ1n) is 4.46. The van der Waals surface area contributed by atoms with Gasteiger partial charge < -0.3 is 10.4 Å². The molecule has 0 amide bonds. The Kier molecular flexibility index (Phi) is 3.65. The van der Waals surface area contributed by atoms with Crippen molar-refractivity contribution in [2.24, 2.45) is 0 Å². The molecule has 0 spiro atoms. The molecule has 0 aromatic carbocycles. The van der Waals surface area contributed by atoms with Crippen molar-refractivity contribution in [2.45, 2.75) is 24.9 Å². The van der Waals surface area contributed by atoms with Crippen LogP contribution in [-0.2, 0) is 9.63 Å². The van der Waals surface area contributed by atoms with E-state index in [1.807, 2.05) is 0 Å². The van der Waals surface area contributed by atoms with E-state index in [9.17, 15) is 4.79 Å². The number of carboxylic acids is 1. The lowest BCUT2D eigenvalue weighted by Gasteiger charge is -2.35. The third kappa shape index (κ3) is 2.95. The Bertz CT molecular complexity index is 173. The van der Waals surface area contributed by atoms with Gasteiger partial charge in [-0.1, -0.05) is 0 Å². The first-order chi connectivity index (χ1) is 6.18. The maximum Gasteiger partial charge on any atom is 0.306 e. The third-order valence-electron chi connectivity index (χ3n) is 2.31. The molecule has 5 nitrogen and oxygen atoms in total. The second kappa shape index (κ2) is 4.55. The third-order valence-corrected chi connectivity index (χ3v) is 2.31. The maximum atomic E-state index is 10.6. The van der Waals surface area contributed by atoms with Crippen molar-refractivity contribution in [3.05, 3.63) is 0 Å². The summed E-state index contributed by atoms with van der Waals surface area (Å²) in [5.41, 5.74) is 2.07. The summed E-state index contributed by atoms with van der Waals surface area (Å²) in [7, 11) is 1.66. The number of aliphatic carboxylic acids is 1. The van der Waals surface area contributed by atoms with Gasteiger partial charge in [0.25, 0.3) is 0 Å². The summed E-state index contributed by atoms with van der Waals surface area (Å²) in [4.78, 5) is 15.9. The van der Waals surface area contributed by atoms with Gasteiger partial charge in [-0.2, -0.15) is 0 Å². The molecular weight excluding hydrogens is 172 g/mol. The molecule has 0 saturated carbocycles. The molecule has 1 aliphatic heterocycles. The predicted octanol–water partition coefficient (Wildman–Crippen LogP) is -0.266. The van der Waals surface area contributed by atoms with Crippen LogP contribution in [0.3, 0.4) is 0 Å². The monoisotopic (exact) mass is 188 g/mol. The molecule has 1 aliphatic rings. The number of piperidine rings is 1. The number of hydrogen-bond acceptors (Lipinski definition) is 4. The van der Waals surface area contributed by atoms with Crippen molar-refractivity contribution in [1.29, 1.82) is 0 Å². The smallest absolute Gasteiger partial charge is 0.306 e. The van der Waals surface area contributed by atoms with E-state index in [0.717, 1.165) is 25.9 Å². The second-order valence-corrected chi connectivity index (χ2v) is 3.31. The molecule has 1 heterocycles. The van der Waals surface area contributed by atoms with E-state index in [1.54, 1.807) is 7.05 Å². The number of rotatable bonds is 4. The Morgan fingerprint density at radius 2 is 2.23 bits per heavy atom. The van der Waals surface area contributed by atoms with Crippen molar-refractivity contribution in [3.63, 3.8) is 0 Å². The molecule has 1 rings (SSSR count). The first-order valence-corrected chi connectivity index (χ1v) is 4.46. The molecule has 0 radical (unpaired) electrons. The maximum absolute atomic E-state index is 10.6. The van der Waals surface area contributed by atoms with Crippen molar-refractivity contribution in [1.82, 2.24) is 10.8 Å². The van der Waals surface area contributed by atoms with Crippen LogP contribution in [0.25, 0.3) is 0 Å². The van der Waals surface area contributed by atoms with Crippen LogP contribution < -0.4 is 10.8 Å². The average molecular weight is 188 g/mol. The Morgan fingerprint density at radius 3 is 2.69 bits per heavy atom. The summed E-state index contributed by atoms with van der Waals surface area (Å²) < 4.78 is 0. The van der Waals surface area contributed by atoms with Crippen molar-refractivity contribution in [3.8, 4) is 0 Å². The average Bonchev–Trinajstić information content (AvgIpc) is 2.04. The fourth-order valence-corrected chi connectivity index (χ4v) is 1.69. The van der Waals surface area contributed by atoms with Crippen LogP contribution >= 0.6 is 0 Å². The molecule has 3 N–H and O–H groups in total. The van der Waals surface area contributed by atoms with Crippen LogP contribution in [0.5, 0.6) is 0 Å². The normalized spacial score (nSPS) is 21.3. The van der Waals surface area contributed by atoms with Crippen molar-refractivity contribution in [2.75, 3.05) is 20.1 Å².